The predicted octanol–water partition coefficient (Wildman–Crippen LogP) is 1.78. The fourth-order valence-electron chi connectivity index (χ4n) is 3.65. The number of amides is 1. The Kier molecular flexibility index (Phi) is 5.12. The van der Waals surface area contributed by atoms with Gasteiger partial charge in [0.05, 0.1) is 0 Å². The second-order valence-electron chi connectivity index (χ2n) is 6.75. The van der Waals surface area contributed by atoms with E-state index in [0.29, 0.717) is 12.0 Å². The SMILES string of the molecule is COC1(c2ccccc2)[Se][C@@H]2CC(=O)N2[C@H]1C(=O)OCc1ccc([N+](=O)[O-])cc1. The molecule has 2 aromatic rings. The molecule has 29 heavy (non-hydrogen) atoms. The zero-order valence-corrected chi connectivity index (χ0v) is 17.2. The van der Waals surface area contributed by atoms with Crippen molar-refractivity contribution in [2.75, 3.05) is 7.11 Å². The van der Waals surface area contributed by atoms with Crippen molar-refractivity contribution in [3.8, 4) is 0 Å². The molecule has 8 nitrogen and oxygen atoms in total. The first-order chi connectivity index (χ1) is 14.0. The van der Waals surface area contributed by atoms with E-state index in [9.17, 15) is 19.7 Å². The van der Waals surface area contributed by atoms with Crippen molar-refractivity contribution < 1.29 is 24.0 Å². The number of ether oxygens (including phenoxy) is 2. The number of hydrogen-bond donors (Lipinski definition) is 0. The fourth-order valence-corrected chi connectivity index (χ4v) is 7.20. The third-order valence-corrected chi connectivity index (χ3v) is 8.57. The molecule has 1 unspecified atom stereocenters. The molecule has 0 spiro atoms. The monoisotopic (exact) mass is 462 g/mol. The van der Waals surface area contributed by atoms with E-state index in [1.807, 2.05) is 30.3 Å². The number of methoxy groups -OCH3 is 1. The first-order valence-corrected chi connectivity index (χ1v) is 10.8. The standard InChI is InChI=1S/C20H18N2O6Se/c1-27-20(14-5-3-2-4-6-14)18(21-16(23)11-17(21)29-20)19(24)28-12-13-7-9-15(10-8-13)22(25)26/h2-10,17-18H,11-12H2,1H3/t17-,18+,20?/m1/s1. The third kappa shape index (κ3) is 3.31. The number of carbonyl (C=O) groups is 2. The van der Waals surface area contributed by atoms with Crippen LogP contribution in [-0.4, -0.2) is 54.7 Å². The molecule has 2 heterocycles. The second kappa shape index (κ2) is 7.59. The summed E-state index contributed by atoms with van der Waals surface area (Å²) in [6, 6.07) is 14.4. The van der Waals surface area contributed by atoms with Crippen LogP contribution in [0.2, 0.25) is 0 Å². The number of carbonyl (C=O) groups excluding carboxylic acids is 2. The Balaban J connectivity index is 1.57. The number of esters is 1. The maximum absolute atomic E-state index is 13.1. The van der Waals surface area contributed by atoms with Crippen LogP contribution in [0.1, 0.15) is 17.5 Å². The molecule has 0 aliphatic carbocycles. The summed E-state index contributed by atoms with van der Waals surface area (Å²) in [4.78, 5) is 37.2. The van der Waals surface area contributed by atoms with E-state index in [1.54, 1.807) is 24.1 Å². The summed E-state index contributed by atoms with van der Waals surface area (Å²) in [6.07, 6.45) is 0.421. The average Bonchev–Trinajstić information content (AvgIpc) is 3.02. The maximum atomic E-state index is 13.1. The predicted molar refractivity (Wildman–Crippen MR) is 103 cm³/mol. The topological polar surface area (TPSA) is 99.0 Å². The number of nitro benzene ring substituents is 1. The van der Waals surface area contributed by atoms with E-state index in [4.69, 9.17) is 9.47 Å². The quantitative estimate of drug-likeness (QED) is 0.214. The Labute approximate surface area is 173 Å². The summed E-state index contributed by atoms with van der Waals surface area (Å²) in [6.45, 7) is -0.0401. The molecular formula is C20H18N2O6Se. The molecule has 2 aliphatic rings. The fraction of sp³-hybridized carbons (Fsp3) is 0.300. The molecule has 0 N–H and O–H groups in total. The zero-order valence-electron chi connectivity index (χ0n) is 15.5. The molecule has 0 aromatic heterocycles. The average molecular weight is 461 g/mol. The van der Waals surface area contributed by atoms with Crippen molar-refractivity contribution in [3.05, 3.63) is 75.8 Å². The van der Waals surface area contributed by atoms with E-state index < -0.39 is 21.4 Å². The molecule has 0 saturated carbocycles. The minimum atomic E-state index is -0.905. The Morgan fingerprint density at radius 2 is 1.93 bits per heavy atom. The van der Waals surface area contributed by atoms with Gasteiger partial charge in [-0.25, -0.2) is 0 Å². The number of hydrogen-bond acceptors (Lipinski definition) is 6. The summed E-state index contributed by atoms with van der Waals surface area (Å²) in [5.41, 5.74) is 1.44. The Morgan fingerprint density at radius 3 is 2.52 bits per heavy atom. The van der Waals surface area contributed by atoms with Crippen LogP contribution in [0, 0.1) is 10.1 Å². The van der Waals surface area contributed by atoms with Gasteiger partial charge < -0.3 is 0 Å². The van der Waals surface area contributed by atoms with Crippen molar-refractivity contribution in [1.82, 2.24) is 4.90 Å². The van der Waals surface area contributed by atoms with Gasteiger partial charge in [-0.15, -0.1) is 0 Å². The van der Waals surface area contributed by atoms with Gasteiger partial charge in [-0.3, -0.25) is 0 Å². The zero-order chi connectivity index (χ0) is 20.6. The summed E-state index contributed by atoms with van der Waals surface area (Å²) in [5.74, 6) is -0.615. The van der Waals surface area contributed by atoms with Crippen molar-refractivity contribution in [2.24, 2.45) is 0 Å². The van der Waals surface area contributed by atoms with Crippen molar-refractivity contribution in [2.45, 2.75) is 28.5 Å². The van der Waals surface area contributed by atoms with E-state index >= 15 is 0 Å². The molecule has 3 atom stereocenters. The van der Waals surface area contributed by atoms with Gasteiger partial charge in [-0.1, -0.05) is 0 Å². The van der Waals surface area contributed by atoms with Crippen LogP contribution in [0.5, 0.6) is 0 Å². The number of nitrogens with zero attached hydrogens (tertiary/aromatic N) is 2. The van der Waals surface area contributed by atoms with E-state index in [0.717, 1.165) is 5.56 Å². The van der Waals surface area contributed by atoms with Crippen molar-refractivity contribution in [3.63, 3.8) is 0 Å². The first-order valence-electron chi connectivity index (χ1n) is 8.96. The van der Waals surface area contributed by atoms with Gasteiger partial charge in [0, 0.05) is 0 Å². The molecule has 2 saturated heterocycles. The van der Waals surface area contributed by atoms with E-state index in [-0.39, 0.29) is 38.1 Å². The Morgan fingerprint density at radius 1 is 1.24 bits per heavy atom. The van der Waals surface area contributed by atoms with Crippen LogP contribution >= 0.6 is 0 Å². The molecular weight excluding hydrogens is 443 g/mol. The molecule has 4 rings (SSSR count). The minimum absolute atomic E-state index is 0.00656. The summed E-state index contributed by atoms with van der Waals surface area (Å²) < 4.78 is 10.5. The van der Waals surface area contributed by atoms with Crippen LogP contribution in [0.3, 0.4) is 0 Å². The Bertz CT molecular complexity index is 951. The van der Waals surface area contributed by atoms with Crippen LogP contribution in [-0.2, 0) is 30.2 Å². The third-order valence-electron chi connectivity index (χ3n) is 5.13. The molecule has 2 fully saturated rings. The summed E-state index contributed by atoms with van der Waals surface area (Å²) >= 11 is -0.159. The number of fused-ring (bicyclic) bond motifs is 1. The number of nitro groups is 1. The van der Waals surface area contributed by atoms with Gasteiger partial charge >= 0.3 is 173 Å². The van der Waals surface area contributed by atoms with Gasteiger partial charge in [-0.05, 0) is 0 Å². The van der Waals surface area contributed by atoms with Gasteiger partial charge in [0.2, 0.25) is 0 Å². The van der Waals surface area contributed by atoms with Gasteiger partial charge in [0.1, 0.15) is 0 Å². The van der Waals surface area contributed by atoms with E-state index in [2.05, 4.69) is 0 Å². The van der Waals surface area contributed by atoms with Crippen LogP contribution in [0.15, 0.2) is 54.6 Å². The molecule has 1 amide bonds. The van der Waals surface area contributed by atoms with Crippen LogP contribution in [0.25, 0.3) is 0 Å². The molecule has 150 valence electrons. The van der Waals surface area contributed by atoms with Crippen LogP contribution < -0.4 is 0 Å². The molecule has 9 heteroatoms. The normalized spacial score (nSPS) is 25.3. The number of rotatable bonds is 6. The van der Waals surface area contributed by atoms with E-state index in [1.165, 1.54) is 12.1 Å². The van der Waals surface area contributed by atoms with Crippen LogP contribution in [0.4, 0.5) is 5.69 Å². The first kappa shape index (κ1) is 19.6. The number of non-ortho nitro benzene ring substituents is 1. The number of benzene rings is 2. The number of β-lactam (4-membered cyclic amide) rings is 1. The van der Waals surface area contributed by atoms with Gasteiger partial charge in [-0.2, -0.15) is 0 Å². The Hall–Kier alpha value is -2.74. The molecule has 0 bridgehead atoms. The molecule has 2 aliphatic heterocycles. The second-order valence-corrected chi connectivity index (χ2v) is 9.66. The van der Waals surface area contributed by atoms with Crippen molar-refractivity contribution in [1.29, 1.82) is 0 Å². The molecule has 2 aromatic carbocycles. The van der Waals surface area contributed by atoms with Gasteiger partial charge in [0.15, 0.2) is 0 Å². The summed E-state index contributed by atoms with van der Waals surface area (Å²) in [5, 5.41) is 10.8. The van der Waals surface area contributed by atoms with Crippen molar-refractivity contribution >= 4 is 32.5 Å². The summed E-state index contributed by atoms with van der Waals surface area (Å²) in [7, 11) is 1.56. The van der Waals surface area contributed by atoms with Gasteiger partial charge in [0.25, 0.3) is 0 Å². The molecule has 0 radical (unpaired) electrons.